The fraction of sp³-hybridized carbons (Fsp3) is 1.00. The van der Waals surface area contributed by atoms with E-state index in [4.69, 9.17) is 0 Å². The van der Waals surface area contributed by atoms with Crippen LogP contribution in [0.5, 0.6) is 0 Å². The molecule has 2 aliphatic rings. The number of hydrogen-bond donors (Lipinski definition) is 0. The van der Waals surface area contributed by atoms with Crippen LogP contribution in [0.15, 0.2) is 0 Å². The van der Waals surface area contributed by atoms with Crippen molar-refractivity contribution in [1.82, 2.24) is 14.1 Å². The van der Waals surface area contributed by atoms with Gasteiger partial charge in [-0.05, 0) is 39.7 Å². The van der Waals surface area contributed by atoms with E-state index in [0.29, 0.717) is 5.54 Å². The minimum Gasteiger partial charge on any atom is -0.300 e. The Bertz CT molecular complexity index is 293. The molecule has 0 aromatic heterocycles. The Kier molecular flexibility index (Phi) is 5.80. The van der Waals surface area contributed by atoms with Crippen LogP contribution in [0.4, 0.5) is 0 Å². The van der Waals surface area contributed by atoms with Crippen molar-refractivity contribution in [3.63, 3.8) is 0 Å². The molecular weight excluding hydrogens is 266 g/mol. The van der Waals surface area contributed by atoms with E-state index in [1.165, 1.54) is 52.2 Å². The molecule has 3 nitrogen and oxygen atoms in total. The first-order chi connectivity index (χ1) is 9.34. The van der Waals surface area contributed by atoms with E-state index in [0.717, 1.165) is 11.2 Å². The van der Waals surface area contributed by atoms with Gasteiger partial charge in [0, 0.05) is 50.1 Å². The highest BCUT2D eigenvalue weighted by molar-refractivity contribution is 7.97. The fourth-order valence-corrected chi connectivity index (χ4v) is 4.24. The summed E-state index contributed by atoms with van der Waals surface area (Å²) in [6.45, 7) is 20.5. The van der Waals surface area contributed by atoms with Crippen LogP contribution < -0.4 is 0 Å². The number of hydrogen-bond acceptors (Lipinski definition) is 4. The lowest BCUT2D eigenvalue weighted by Gasteiger charge is -2.36. The van der Waals surface area contributed by atoms with Gasteiger partial charge in [-0.15, -0.1) is 0 Å². The summed E-state index contributed by atoms with van der Waals surface area (Å²) in [5.41, 5.74) is 0.349. The Morgan fingerprint density at radius 3 is 2.20 bits per heavy atom. The van der Waals surface area contributed by atoms with Crippen molar-refractivity contribution in [2.45, 2.75) is 51.8 Å². The van der Waals surface area contributed by atoms with Crippen LogP contribution in [0.2, 0.25) is 0 Å². The Hall–Kier alpha value is 0.230. The zero-order valence-corrected chi connectivity index (χ0v) is 14.9. The van der Waals surface area contributed by atoms with E-state index in [1.807, 2.05) is 11.9 Å². The standard InChI is InChI=1S/C16H33N3S/c1-14(2)20-19-10-8-17(9-11-19)12-15-6-7-18(13-15)16(3,4)5/h14-15H,6-13H2,1-5H3/t15-/m0/s1. The Morgan fingerprint density at radius 1 is 1.05 bits per heavy atom. The topological polar surface area (TPSA) is 9.72 Å². The predicted octanol–water partition coefficient (Wildman–Crippen LogP) is 2.78. The van der Waals surface area contributed by atoms with E-state index in [9.17, 15) is 0 Å². The summed E-state index contributed by atoms with van der Waals surface area (Å²) in [5.74, 6) is 0.888. The second-order valence-corrected chi connectivity index (χ2v) is 9.33. The first kappa shape index (κ1) is 16.6. The molecule has 0 aromatic rings. The number of rotatable bonds is 4. The van der Waals surface area contributed by atoms with Crippen LogP contribution in [0, 0.1) is 5.92 Å². The summed E-state index contributed by atoms with van der Waals surface area (Å²) >= 11 is 2.02. The average molecular weight is 300 g/mol. The third-order valence-corrected chi connectivity index (χ3v) is 5.53. The van der Waals surface area contributed by atoms with E-state index in [-0.39, 0.29) is 0 Å². The molecule has 20 heavy (non-hydrogen) atoms. The van der Waals surface area contributed by atoms with Crippen molar-refractivity contribution in [1.29, 1.82) is 0 Å². The molecule has 0 aromatic carbocycles. The Morgan fingerprint density at radius 2 is 1.70 bits per heavy atom. The maximum atomic E-state index is 2.69. The van der Waals surface area contributed by atoms with Crippen LogP contribution in [0.25, 0.3) is 0 Å². The molecule has 2 rings (SSSR count). The van der Waals surface area contributed by atoms with Crippen molar-refractivity contribution in [3.8, 4) is 0 Å². The number of likely N-dealkylation sites (tertiary alicyclic amines) is 1. The molecule has 4 heteroatoms. The minimum atomic E-state index is 0.349. The number of nitrogens with zero attached hydrogens (tertiary/aromatic N) is 3. The Labute approximate surface area is 130 Å². The summed E-state index contributed by atoms with van der Waals surface area (Å²) in [6, 6.07) is 0. The SMILES string of the molecule is CC(C)SN1CCN(C[C@@H]2CCN(C(C)(C)C)C2)CC1. The molecule has 0 saturated carbocycles. The van der Waals surface area contributed by atoms with E-state index >= 15 is 0 Å². The van der Waals surface area contributed by atoms with Gasteiger partial charge in [0.2, 0.25) is 0 Å². The molecule has 1 atom stereocenters. The van der Waals surface area contributed by atoms with Crippen LogP contribution in [-0.2, 0) is 0 Å². The summed E-state index contributed by atoms with van der Waals surface area (Å²) in [4.78, 5) is 5.34. The van der Waals surface area contributed by atoms with Gasteiger partial charge in [0.1, 0.15) is 0 Å². The van der Waals surface area contributed by atoms with Gasteiger partial charge in [0.05, 0.1) is 0 Å². The van der Waals surface area contributed by atoms with Gasteiger partial charge < -0.3 is 4.90 Å². The normalized spacial score (nSPS) is 27.6. The van der Waals surface area contributed by atoms with Crippen molar-refractivity contribution in [3.05, 3.63) is 0 Å². The van der Waals surface area contributed by atoms with Crippen molar-refractivity contribution < 1.29 is 0 Å². The zero-order valence-electron chi connectivity index (χ0n) is 14.1. The van der Waals surface area contributed by atoms with Gasteiger partial charge in [0.25, 0.3) is 0 Å². The highest BCUT2D eigenvalue weighted by Crippen LogP contribution is 2.26. The second kappa shape index (κ2) is 6.99. The van der Waals surface area contributed by atoms with Gasteiger partial charge in [-0.2, -0.15) is 0 Å². The molecule has 2 aliphatic heterocycles. The van der Waals surface area contributed by atoms with E-state index in [1.54, 1.807) is 0 Å². The smallest absolute Gasteiger partial charge is 0.0218 e. The molecule has 0 radical (unpaired) electrons. The van der Waals surface area contributed by atoms with Gasteiger partial charge >= 0.3 is 0 Å². The van der Waals surface area contributed by atoms with Crippen LogP contribution in [0.1, 0.15) is 41.0 Å². The summed E-state index contributed by atoms with van der Waals surface area (Å²) in [7, 11) is 0. The van der Waals surface area contributed by atoms with Crippen LogP contribution >= 0.6 is 11.9 Å². The summed E-state index contributed by atoms with van der Waals surface area (Å²) in [6.07, 6.45) is 1.39. The van der Waals surface area contributed by atoms with Gasteiger partial charge in [-0.3, -0.25) is 4.90 Å². The van der Waals surface area contributed by atoms with E-state index < -0.39 is 0 Å². The van der Waals surface area contributed by atoms with Gasteiger partial charge in [0.15, 0.2) is 0 Å². The largest absolute Gasteiger partial charge is 0.300 e. The highest BCUT2D eigenvalue weighted by Gasteiger charge is 2.31. The lowest BCUT2D eigenvalue weighted by molar-refractivity contribution is 0.145. The van der Waals surface area contributed by atoms with Crippen molar-refractivity contribution in [2.75, 3.05) is 45.8 Å². The van der Waals surface area contributed by atoms with Gasteiger partial charge in [-0.25, -0.2) is 4.31 Å². The molecule has 0 bridgehead atoms. The fourth-order valence-electron chi connectivity index (χ4n) is 3.27. The molecule has 0 spiro atoms. The van der Waals surface area contributed by atoms with Crippen LogP contribution in [0.3, 0.4) is 0 Å². The second-order valence-electron chi connectivity index (χ2n) is 7.66. The summed E-state index contributed by atoms with van der Waals surface area (Å²) < 4.78 is 2.55. The maximum absolute atomic E-state index is 2.69. The summed E-state index contributed by atoms with van der Waals surface area (Å²) in [5, 5.41) is 0.719. The first-order valence-electron chi connectivity index (χ1n) is 8.23. The minimum absolute atomic E-state index is 0.349. The number of piperazine rings is 1. The molecule has 0 amide bonds. The maximum Gasteiger partial charge on any atom is 0.0218 e. The average Bonchev–Trinajstić information content (AvgIpc) is 2.79. The molecular formula is C16H33N3S. The molecule has 2 heterocycles. The highest BCUT2D eigenvalue weighted by atomic mass is 32.2. The van der Waals surface area contributed by atoms with Crippen molar-refractivity contribution >= 4 is 11.9 Å². The molecule has 0 aliphatic carbocycles. The monoisotopic (exact) mass is 299 g/mol. The first-order valence-corrected chi connectivity index (χ1v) is 9.07. The van der Waals surface area contributed by atoms with E-state index in [2.05, 4.69) is 48.7 Å². The molecule has 118 valence electrons. The van der Waals surface area contributed by atoms with Crippen molar-refractivity contribution in [2.24, 2.45) is 5.92 Å². The quantitative estimate of drug-likeness (QED) is 0.738. The molecule has 2 saturated heterocycles. The zero-order chi connectivity index (χ0) is 14.8. The van der Waals surface area contributed by atoms with Gasteiger partial charge in [-0.1, -0.05) is 25.8 Å². The third kappa shape index (κ3) is 4.90. The molecule has 2 fully saturated rings. The Balaban J connectivity index is 1.69. The molecule has 0 unspecified atom stereocenters. The lowest BCUT2D eigenvalue weighted by Crippen LogP contribution is -2.46. The lowest BCUT2D eigenvalue weighted by atomic mass is 10.1. The predicted molar refractivity (Wildman–Crippen MR) is 90.2 cm³/mol. The molecule has 0 N–H and O–H groups in total. The third-order valence-electron chi connectivity index (χ3n) is 4.44. The van der Waals surface area contributed by atoms with Crippen LogP contribution in [-0.4, -0.2) is 70.7 Å².